The molecule has 2 aliphatic heterocycles. The first kappa shape index (κ1) is 11.4. The molecular formula is C15H13N3O3. The smallest absolute Gasteiger partial charge is 0.317 e. The zero-order valence-electron chi connectivity index (χ0n) is 11.1. The molecular weight excluding hydrogens is 270 g/mol. The predicted octanol–water partition coefficient (Wildman–Crippen LogP) is 1.58. The number of benzene rings is 1. The summed E-state index contributed by atoms with van der Waals surface area (Å²) in [5.74, 6) is -1.09. The third kappa shape index (κ3) is 1.28. The van der Waals surface area contributed by atoms with E-state index in [1.165, 1.54) is 0 Å². The quantitative estimate of drug-likeness (QED) is 0.579. The molecule has 0 amide bonds. The zero-order valence-corrected chi connectivity index (χ0v) is 11.1. The van der Waals surface area contributed by atoms with E-state index in [-0.39, 0.29) is 47.7 Å². The maximum atomic E-state index is 12.0. The Morgan fingerprint density at radius 3 is 2.52 bits per heavy atom. The fourth-order valence-electron chi connectivity index (χ4n) is 4.69. The average molecular weight is 283 g/mol. The number of hydrogen-bond donors (Lipinski definition) is 0. The van der Waals surface area contributed by atoms with Gasteiger partial charge >= 0.3 is 11.9 Å². The lowest BCUT2D eigenvalue weighted by atomic mass is 9.76. The monoisotopic (exact) mass is 283 g/mol. The van der Waals surface area contributed by atoms with E-state index in [0.717, 1.165) is 12.1 Å². The van der Waals surface area contributed by atoms with E-state index in [9.17, 15) is 9.59 Å². The highest BCUT2D eigenvalue weighted by atomic mass is 16.6. The minimum Gasteiger partial charge on any atom is -0.393 e. The summed E-state index contributed by atoms with van der Waals surface area (Å²) >= 11 is 0. The van der Waals surface area contributed by atoms with Crippen molar-refractivity contribution in [2.45, 2.75) is 18.5 Å². The Morgan fingerprint density at radius 1 is 1.05 bits per heavy atom. The number of hydrogen-bond acceptors (Lipinski definition) is 6. The molecule has 4 aliphatic rings. The van der Waals surface area contributed by atoms with Crippen LogP contribution in [0.25, 0.3) is 0 Å². The van der Waals surface area contributed by atoms with Crippen LogP contribution in [-0.2, 0) is 14.3 Å². The minimum absolute atomic E-state index is 0.00917. The molecule has 6 atom stereocenters. The lowest BCUT2D eigenvalue weighted by Gasteiger charge is -2.32. The van der Waals surface area contributed by atoms with E-state index >= 15 is 0 Å². The number of ether oxygens (including phenoxy) is 1. The van der Waals surface area contributed by atoms with Crippen LogP contribution < -0.4 is 5.01 Å². The van der Waals surface area contributed by atoms with Crippen LogP contribution in [-0.4, -0.2) is 24.0 Å². The van der Waals surface area contributed by atoms with Crippen molar-refractivity contribution in [1.82, 2.24) is 0 Å². The van der Waals surface area contributed by atoms with Gasteiger partial charge in [0.05, 0.1) is 29.6 Å². The second-order valence-electron chi connectivity index (χ2n) is 6.22. The fourth-order valence-corrected chi connectivity index (χ4v) is 4.69. The third-order valence-electron chi connectivity index (χ3n) is 5.41. The molecule has 1 aromatic rings. The first-order valence-corrected chi connectivity index (χ1v) is 7.26. The largest absolute Gasteiger partial charge is 0.393 e. The third-order valence-corrected chi connectivity index (χ3v) is 5.41. The SMILES string of the molecule is O=C1OC(=O)[C@@H]2[C@@H]3C[C@@H]([C@@H]4N=NN(c5ccccc5)[C@@H]34)[C@@H]12. The summed E-state index contributed by atoms with van der Waals surface area (Å²) in [6, 6.07) is 9.94. The Morgan fingerprint density at radius 2 is 1.76 bits per heavy atom. The Balaban J connectivity index is 1.54. The van der Waals surface area contributed by atoms with Crippen LogP contribution in [0.1, 0.15) is 6.42 Å². The number of anilines is 1. The summed E-state index contributed by atoms with van der Waals surface area (Å²) < 4.78 is 4.85. The van der Waals surface area contributed by atoms with Gasteiger partial charge in [0, 0.05) is 0 Å². The number of carbonyl (C=O) groups is 2. The second kappa shape index (κ2) is 3.69. The van der Waals surface area contributed by atoms with Crippen molar-refractivity contribution in [2.24, 2.45) is 34.0 Å². The summed E-state index contributed by atoms with van der Waals surface area (Å²) in [4.78, 5) is 23.8. The molecule has 6 heteroatoms. The zero-order chi connectivity index (χ0) is 14.1. The number of carbonyl (C=O) groups excluding carboxylic acids is 2. The standard InChI is InChI=1S/C15H13N3O3/c19-14-10-8-6-9(11(10)15(20)21-14)13-12(8)16-17-18(13)7-4-2-1-3-5-7/h1-5,8-13H,6H2/t8-,9+,10-,11-,12+,13+/m1/s1. The molecule has 106 valence electrons. The van der Waals surface area contributed by atoms with E-state index in [2.05, 4.69) is 10.3 Å². The van der Waals surface area contributed by atoms with Crippen LogP contribution in [0.2, 0.25) is 0 Å². The van der Waals surface area contributed by atoms with Gasteiger partial charge in [0.25, 0.3) is 0 Å². The van der Waals surface area contributed by atoms with E-state index in [1.807, 2.05) is 35.3 Å². The molecule has 1 saturated heterocycles. The molecule has 3 fully saturated rings. The average Bonchev–Trinajstić information content (AvgIpc) is 3.21. The summed E-state index contributed by atoms with van der Waals surface area (Å²) in [6.07, 6.45) is 0.869. The van der Waals surface area contributed by atoms with Gasteiger partial charge in [-0.1, -0.05) is 23.4 Å². The highest BCUT2D eigenvalue weighted by Crippen LogP contribution is 2.59. The molecule has 2 saturated carbocycles. The number of nitrogens with zero attached hydrogens (tertiary/aromatic N) is 3. The maximum Gasteiger partial charge on any atom is 0.317 e. The van der Waals surface area contributed by atoms with Crippen LogP contribution in [0, 0.1) is 23.7 Å². The van der Waals surface area contributed by atoms with Gasteiger partial charge in [-0.2, -0.15) is 5.11 Å². The van der Waals surface area contributed by atoms with Crippen molar-refractivity contribution in [3.63, 3.8) is 0 Å². The lowest BCUT2D eigenvalue weighted by molar-refractivity contribution is -0.154. The minimum atomic E-state index is -0.357. The first-order chi connectivity index (χ1) is 10.3. The summed E-state index contributed by atoms with van der Waals surface area (Å²) in [6.45, 7) is 0. The summed E-state index contributed by atoms with van der Waals surface area (Å²) in [5, 5.41) is 10.6. The van der Waals surface area contributed by atoms with Crippen LogP contribution in [0.4, 0.5) is 5.69 Å². The number of fused-ring (bicyclic) bond motifs is 8. The van der Waals surface area contributed by atoms with Gasteiger partial charge < -0.3 is 4.74 Å². The van der Waals surface area contributed by atoms with Crippen molar-refractivity contribution in [2.75, 3.05) is 5.01 Å². The topological polar surface area (TPSA) is 71.3 Å². The van der Waals surface area contributed by atoms with Gasteiger partial charge in [-0.15, -0.1) is 0 Å². The molecule has 0 N–H and O–H groups in total. The van der Waals surface area contributed by atoms with E-state index in [1.54, 1.807) is 0 Å². The predicted molar refractivity (Wildman–Crippen MR) is 71.0 cm³/mol. The molecule has 1 aromatic carbocycles. The lowest BCUT2D eigenvalue weighted by Crippen LogP contribution is -2.47. The van der Waals surface area contributed by atoms with Gasteiger partial charge in [0.2, 0.25) is 0 Å². The molecule has 6 nitrogen and oxygen atoms in total. The molecule has 5 rings (SSSR count). The van der Waals surface area contributed by atoms with Crippen molar-refractivity contribution in [3.05, 3.63) is 30.3 Å². The van der Waals surface area contributed by atoms with E-state index in [0.29, 0.717) is 0 Å². The molecule has 0 aromatic heterocycles. The Labute approximate surface area is 120 Å². The van der Waals surface area contributed by atoms with Crippen LogP contribution in [0.5, 0.6) is 0 Å². The first-order valence-electron chi connectivity index (χ1n) is 7.26. The molecule has 2 bridgehead atoms. The second-order valence-corrected chi connectivity index (χ2v) is 6.22. The van der Waals surface area contributed by atoms with Crippen molar-refractivity contribution in [3.8, 4) is 0 Å². The van der Waals surface area contributed by atoms with Crippen LogP contribution >= 0.6 is 0 Å². The summed E-state index contributed by atoms with van der Waals surface area (Å²) in [7, 11) is 0. The molecule has 2 aliphatic carbocycles. The fraction of sp³-hybridized carbons (Fsp3) is 0.467. The number of rotatable bonds is 1. The van der Waals surface area contributed by atoms with E-state index < -0.39 is 0 Å². The normalized spacial score (nSPS) is 42.4. The highest BCUT2D eigenvalue weighted by molar-refractivity contribution is 5.98. The van der Waals surface area contributed by atoms with Crippen molar-refractivity contribution < 1.29 is 14.3 Å². The van der Waals surface area contributed by atoms with Gasteiger partial charge in [0.15, 0.2) is 0 Å². The van der Waals surface area contributed by atoms with Crippen molar-refractivity contribution >= 4 is 17.6 Å². The Bertz CT molecular complexity index is 674. The van der Waals surface area contributed by atoms with Gasteiger partial charge in [-0.25, -0.2) is 5.01 Å². The van der Waals surface area contributed by atoms with Crippen LogP contribution in [0.15, 0.2) is 40.7 Å². The van der Waals surface area contributed by atoms with Crippen LogP contribution in [0.3, 0.4) is 0 Å². The number of esters is 2. The summed E-state index contributed by atoms with van der Waals surface area (Å²) in [5.41, 5.74) is 0.982. The van der Waals surface area contributed by atoms with Gasteiger partial charge in [-0.05, 0) is 30.4 Å². The van der Waals surface area contributed by atoms with E-state index in [4.69, 9.17) is 4.74 Å². The molecule has 2 heterocycles. The maximum absolute atomic E-state index is 12.0. The number of cyclic esters (lactones) is 2. The van der Waals surface area contributed by atoms with Gasteiger partial charge in [0.1, 0.15) is 0 Å². The van der Waals surface area contributed by atoms with Crippen molar-refractivity contribution in [1.29, 1.82) is 0 Å². The Hall–Kier alpha value is -2.24. The number of para-hydroxylation sites is 1. The highest BCUT2D eigenvalue weighted by Gasteiger charge is 2.69. The van der Waals surface area contributed by atoms with Gasteiger partial charge in [-0.3, -0.25) is 9.59 Å². The molecule has 0 radical (unpaired) electrons. The molecule has 0 unspecified atom stereocenters. The molecule has 0 spiro atoms. The Kier molecular flexibility index (Phi) is 2.01. The molecule has 21 heavy (non-hydrogen) atoms.